The second kappa shape index (κ2) is 10.7. The van der Waals surface area contributed by atoms with Crippen molar-refractivity contribution >= 4 is 52.9 Å². The number of phenolic OH excluding ortho intramolecular Hbond substituents is 1. The van der Waals surface area contributed by atoms with Gasteiger partial charge in [0, 0.05) is 11.5 Å². The van der Waals surface area contributed by atoms with Crippen LogP contribution in [0.15, 0.2) is 57.5 Å². The SMILES string of the molecule is O=C(O)Cn1nc2ccc(SCC3=C(C(=O)O)N4C(=O)C(NC(=O)C(O)c5cccc(O)c5)[C@@H]4SC3)nn2c1=O. The van der Waals surface area contributed by atoms with Crippen LogP contribution in [-0.2, 0) is 25.7 Å². The van der Waals surface area contributed by atoms with E-state index in [0.717, 1.165) is 25.9 Å². The fourth-order valence-electron chi connectivity index (χ4n) is 4.23. The van der Waals surface area contributed by atoms with Crippen LogP contribution in [0.25, 0.3) is 5.65 Å². The Kier molecular flexibility index (Phi) is 7.26. The minimum atomic E-state index is -1.64. The molecule has 1 saturated heterocycles. The summed E-state index contributed by atoms with van der Waals surface area (Å²) in [6.07, 6.45) is -1.64. The van der Waals surface area contributed by atoms with Crippen LogP contribution in [0.4, 0.5) is 0 Å². The maximum atomic E-state index is 12.9. The summed E-state index contributed by atoms with van der Waals surface area (Å²) < 4.78 is 1.70. The third-order valence-electron chi connectivity index (χ3n) is 6.08. The van der Waals surface area contributed by atoms with Gasteiger partial charge in [-0.2, -0.15) is 14.3 Å². The predicted octanol–water partition coefficient (Wildman–Crippen LogP) is -0.754. The van der Waals surface area contributed by atoms with Crippen LogP contribution in [0.1, 0.15) is 11.7 Å². The molecule has 2 aliphatic heterocycles. The lowest BCUT2D eigenvalue weighted by atomic mass is 10.0. The lowest BCUT2D eigenvalue weighted by Crippen LogP contribution is -2.70. The molecule has 2 aliphatic rings. The molecule has 1 aromatic carbocycles. The summed E-state index contributed by atoms with van der Waals surface area (Å²) in [5.74, 6) is -3.88. The smallest absolute Gasteiger partial charge is 0.367 e. The Labute approximate surface area is 232 Å². The molecular formula is C23H20N6O9S2. The average Bonchev–Trinajstić information content (AvgIpc) is 3.22. The molecule has 0 bridgehead atoms. The molecule has 3 aromatic rings. The van der Waals surface area contributed by atoms with Gasteiger partial charge in [0.15, 0.2) is 11.8 Å². The van der Waals surface area contributed by atoms with Crippen molar-refractivity contribution in [3.63, 3.8) is 0 Å². The van der Waals surface area contributed by atoms with Gasteiger partial charge in [0.2, 0.25) is 0 Å². The van der Waals surface area contributed by atoms with E-state index in [-0.39, 0.29) is 34.2 Å². The molecule has 2 unspecified atom stereocenters. The number of nitrogens with one attached hydrogen (secondary N) is 1. The number of aromatic nitrogens is 4. The molecule has 2 amide bonds. The van der Waals surface area contributed by atoms with E-state index in [4.69, 9.17) is 5.11 Å². The van der Waals surface area contributed by atoms with Gasteiger partial charge < -0.3 is 25.7 Å². The summed E-state index contributed by atoms with van der Waals surface area (Å²) in [6.45, 7) is -0.627. The van der Waals surface area contributed by atoms with E-state index in [2.05, 4.69) is 15.5 Å². The van der Waals surface area contributed by atoms with Crippen LogP contribution in [0.5, 0.6) is 5.75 Å². The highest BCUT2D eigenvalue weighted by molar-refractivity contribution is 8.01. The predicted molar refractivity (Wildman–Crippen MR) is 138 cm³/mol. The van der Waals surface area contributed by atoms with E-state index in [1.165, 1.54) is 42.1 Å². The normalized spacial score (nSPS) is 19.2. The van der Waals surface area contributed by atoms with Gasteiger partial charge in [-0.25, -0.2) is 9.59 Å². The third kappa shape index (κ3) is 5.01. The van der Waals surface area contributed by atoms with Crippen LogP contribution >= 0.6 is 23.5 Å². The number of amides is 2. The number of fused-ring (bicyclic) bond motifs is 2. The number of hydrogen-bond acceptors (Lipinski definition) is 11. The Morgan fingerprint density at radius 2 is 1.93 bits per heavy atom. The third-order valence-corrected chi connectivity index (χ3v) is 8.42. The molecule has 3 atom stereocenters. The van der Waals surface area contributed by atoms with Crippen molar-refractivity contribution in [2.24, 2.45) is 0 Å². The maximum Gasteiger partial charge on any atom is 0.367 e. The molecule has 15 nitrogen and oxygen atoms in total. The van der Waals surface area contributed by atoms with E-state index < -0.39 is 53.5 Å². The summed E-state index contributed by atoms with van der Waals surface area (Å²) in [5, 5.41) is 48.9. The van der Waals surface area contributed by atoms with Crippen LogP contribution in [0.3, 0.4) is 0 Å². The lowest BCUT2D eigenvalue weighted by Gasteiger charge is -2.49. The quantitative estimate of drug-likeness (QED) is 0.154. The number of carboxylic acid groups (broad SMARTS) is 2. The van der Waals surface area contributed by atoms with E-state index in [9.17, 15) is 39.3 Å². The van der Waals surface area contributed by atoms with Crippen LogP contribution < -0.4 is 11.0 Å². The molecule has 17 heteroatoms. The van der Waals surface area contributed by atoms with E-state index in [1.54, 1.807) is 6.07 Å². The first-order valence-corrected chi connectivity index (χ1v) is 13.6. The number of β-lactam (4-membered cyclic amide) rings is 1. The van der Waals surface area contributed by atoms with Crippen molar-refractivity contribution in [2.75, 3.05) is 11.5 Å². The van der Waals surface area contributed by atoms with Gasteiger partial charge in [-0.1, -0.05) is 12.1 Å². The molecule has 2 aromatic heterocycles. The highest BCUT2D eigenvalue weighted by atomic mass is 32.2. The van der Waals surface area contributed by atoms with Gasteiger partial charge in [0.1, 0.15) is 34.4 Å². The molecule has 40 heavy (non-hydrogen) atoms. The Morgan fingerprint density at radius 1 is 1.15 bits per heavy atom. The number of carbonyl (C=O) groups excluding carboxylic acids is 2. The maximum absolute atomic E-state index is 12.9. The minimum absolute atomic E-state index is 0.120. The Bertz CT molecular complexity index is 1650. The van der Waals surface area contributed by atoms with Crippen molar-refractivity contribution in [2.45, 2.75) is 29.1 Å². The Hall–Kier alpha value is -4.35. The number of carboxylic acids is 2. The van der Waals surface area contributed by atoms with Gasteiger partial charge >= 0.3 is 17.6 Å². The number of phenols is 1. The highest BCUT2D eigenvalue weighted by Crippen LogP contribution is 2.41. The Morgan fingerprint density at radius 3 is 2.62 bits per heavy atom. The van der Waals surface area contributed by atoms with Gasteiger partial charge in [-0.3, -0.25) is 19.3 Å². The van der Waals surface area contributed by atoms with Crippen molar-refractivity contribution in [3.05, 3.63) is 63.7 Å². The summed E-state index contributed by atoms with van der Waals surface area (Å²) in [5.41, 5.74) is -0.258. The average molecular weight is 589 g/mol. The summed E-state index contributed by atoms with van der Waals surface area (Å²) in [4.78, 5) is 62.0. The number of carbonyl (C=O) groups is 4. The second-order valence-electron chi connectivity index (χ2n) is 8.72. The molecule has 0 spiro atoms. The topological polar surface area (TPSA) is 217 Å². The molecule has 5 N–H and O–H groups in total. The first-order valence-electron chi connectivity index (χ1n) is 11.5. The van der Waals surface area contributed by atoms with Gasteiger partial charge in [0.05, 0.1) is 0 Å². The van der Waals surface area contributed by atoms with Crippen LogP contribution in [0, 0.1) is 0 Å². The molecule has 0 saturated carbocycles. The zero-order valence-corrected chi connectivity index (χ0v) is 21.8. The molecule has 208 valence electrons. The first kappa shape index (κ1) is 27.2. The summed E-state index contributed by atoms with van der Waals surface area (Å²) in [6, 6.07) is 7.46. The largest absolute Gasteiger partial charge is 0.508 e. The number of benzene rings is 1. The number of thioether (sulfide) groups is 2. The molecule has 1 fully saturated rings. The zero-order chi connectivity index (χ0) is 28.7. The summed E-state index contributed by atoms with van der Waals surface area (Å²) in [7, 11) is 0. The van der Waals surface area contributed by atoms with Gasteiger partial charge in [0.25, 0.3) is 11.8 Å². The van der Waals surface area contributed by atoms with Crippen molar-refractivity contribution in [1.29, 1.82) is 0 Å². The number of rotatable bonds is 9. The van der Waals surface area contributed by atoms with Gasteiger partial charge in [-0.15, -0.1) is 28.6 Å². The summed E-state index contributed by atoms with van der Waals surface area (Å²) >= 11 is 2.36. The molecule has 0 aliphatic carbocycles. The number of nitrogens with zero attached hydrogens (tertiary/aromatic N) is 5. The number of aliphatic hydroxyl groups excluding tert-OH is 1. The molecule has 5 rings (SSSR count). The second-order valence-corrected chi connectivity index (χ2v) is 10.8. The van der Waals surface area contributed by atoms with E-state index in [0.29, 0.717) is 10.6 Å². The molecular weight excluding hydrogens is 568 g/mol. The van der Waals surface area contributed by atoms with Crippen LogP contribution in [-0.4, -0.2) is 91.4 Å². The first-order chi connectivity index (χ1) is 19.0. The molecule has 0 radical (unpaired) electrons. The minimum Gasteiger partial charge on any atom is -0.508 e. The number of hydrogen-bond donors (Lipinski definition) is 5. The van der Waals surface area contributed by atoms with Crippen LogP contribution in [0.2, 0.25) is 0 Å². The fourth-order valence-corrected chi connectivity index (χ4v) is 6.57. The number of aliphatic carboxylic acids is 2. The monoisotopic (exact) mass is 588 g/mol. The standard InChI is InChI=1S/C23H20N6O9S2/c30-12-3-1-2-10(6-12)18(33)19(34)24-16-20(35)28-17(22(36)37)11(9-40-21(16)28)8-39-14-5-4-13-25-27(7-15(31)32)23(38)29(13)26-14/h1-6,16,18,21,30,33H,7-9H2,(H,24,34)(H,31,32)(H,36,37)/t16?,18?,21-/m0/s1. The van der Waals surface area contributed by atoms with Gasteiger partial charge in [-0.05, 0) is 35.4 Å². The Balaban J connectivity index is 1.29. The number of aliphatic hydroxyl groups is 1. The van der Waals surface area contributed by atoms with E-state index in [1.807, 2.05) is 0 Å². The highest BCUT2D eigenvalue weighted by Gasteiger charge is 2.54. The lowest BCUT2D eigenvalue weighted by molar-refractivity contribution is -0.151. The van der Waals surface area contributed by atoms with Crippen molar-refractivity contribution in [1.82, 2.24) is 29.6 Å². The van der Waals surface area contributed by atoms with Crippen molar-refractivity contribution < 1.29 is 39.6 Å². The van der Waals surface area contributed by atoms with E-state index >= 15 is 0 Å². The van der Waals surface area contributed by atoms with Crippen molar-refractivity contribution in [3.8, 4) is 5.75 Å². The zero-order valence-electron chi connectivity index (χ0n) is 20.2. The fraction of sp³-hybridized carbons (Fsp3) is 0.261. The number of aromatic hydroxyl groups is 1. The molecule has 4 heterocycles.